The van der Waals surface area contributed by atoms with Gasteiger partial charge in [0.1, 0.15) is 5.52 Å². The predicted octanol–water partition coefficient (Wildman–Crippen LogP) is -0.967. The molecule has 0 amide bonds. The molecule has 0 fully saturated rings. The number of hydrogen-bond donors (Lipinski definition) is 3. The molecule has 0 unspecified atom stereocenters. The molecule has 0 aliphatic heterocycles. The minimum Gasteiger partial charge on any atom is -0.340 e. The van der Waals surface area contributed by atoms with Crippen LogP contribution in [-0.4, -0.2) is 25.4 Å². The molecule has 7 nitrogen and oxygen atoms in total. The van der Waals surface area contributed by atoms with E-state index in [1.54, 1.807) is 0 Å². The van der Waals surface area contributed by atoms with Gasteiger partial charge in [-0.15, -0.1) is 10.2 Å². The third kappa shape index (κ3) is 0.783. The van der Waals surface area contributed by atoms with Gasteiger partial charge in [-0.3, -0.25) is 0 Å². The molecule has 2 aromatic heterocycles. The normalized spacial score (nSPS) is 10.3. The maximum absolute atomic E-state index is 5.15. The second-order valence-corrected chi connectivity index (χ2v) is 1.88. The number of hydrogen-bond acceptors (Lipinski definition) is 6. The highest BCUT2D eigenvalue weighted by molar-refractivity contribution is 5.80. The first-order valence-corrected chi connectivity index (χ1v) is 2.91. The first-order chi connectivity index (χ1) is 5.42. The number of anilines is 1. The average molecular weight is 151 g/mol. The Bertz CT molecular complexity index is 365. The average Bonchev–Trinajstić information content (AvgIpc) is 2.50. The molecule has 0 aromatic carbocycles. The van der Waals surface area contributed by atoms with Crippen LogP contribution in [0.2, 0.25) is 0 Å². The molecule has 2 heterocycles. The molecule has 7 heteroatoms. The van der Waals surface area contributed by atoms with E-state index in [2.05, 4.69) is 30.8 Å². The molecule has 0 radical (unpaired) electrons. The Hall–Kier alpha value is -1.76. The lowest BCUT2D eigenvalue weighted by Crippen LogP contribution is -2.10. The first-order valence-electron chi connectivity index (χ1n) is 2.91. The van der Waals surface area contributed by atoms with Gasteiger partial charge in [0.25, 0.3) is 0 Å². The zero-order chi connectivity index (χ0) is 7.68. The fourth-order valence-electron chi connectivity index (χ4n) is 0.798. The lowest BCUT2D eigenvalue weighted by molar-refractivity contribution is 0.888. The third-order valence-electron chi connectivity index (χ3n) is 1.28. The number of nitrogen functional groups attached to an aromatic ring is 1. The van der Waals surface area contributed by atoms with E-state index in [-0.39, 0.29) is 0 Å². The first kappa shape index (κ1) is 5.98. The fraction of sp³-hybridized carbons (Fsp3) is 0. The summed E-state index contributed by atoms with van der Waals surface area (Å²) in [5, 5.41) is 10.7. The highest BCUT2D eigenvalue weighted by Crippen LogP contribution is 2.10. The van der Waals surface area contributed by atoms with Crippen molar-refractivity contribution in [3.8, 4) is 0 Å². The van der Waals surface area contributed by atoms with E-state index in [9.17, 15) is 0 Å². The molecular formula is C4H5N7. The van der Waals surface area contributed by atoms with Crippen LogP contribution in [0.4, 0.5) is 5.82 Å². The Morgan fingerprint density at radius 1 is 1.45 bits per heavy atom. The molecule has 0 atom stereocenters. The summed E-state index contributed by atoms with van der Waals surface area (Å²) in [5.74, 6) is 5.58. The summed E-state index contributed by atoms with van der Waals surface area (Å²) >= 11 is 0. The number of hydrazine groups is 1. The van der Waals surface area contributed by atoms with Crippen molar-refractivity contribution < 1.29 is 0 Å². The highest BCUT2D eigenvalue weighted by atomic mass is 15.4. The zero-order valence-corrected chi connectivity index (χ0v) is 5.44. The molecule has 0 aliphatic rings. The van der Waals surface area contributed by atoms with E-state index in [1.165, 1.54) is 6.33 Å². The summed E-state index contributed by atoms with van der Waals surface area (Å²) in [6.07, 6.45) is 1.50. The molecule has 0 saturated carbocycles. The van der Waals surface area contributed by atoms with Gasteiger partial charge in [-0.1, -0.05) is 0 Å². The SMILES string of the molecule is NNc1nnnc2nc[nH]c12. The van der Waals surface area contributed by atoms with Crippen LogP contribution in [0, 0.1) is 0 Å². The van der Waals surface area contributed by atoms with Gasteiger partial charge in [0, 0.05) is 0 Å². The number of H-pyrrole nitrogens is 1. The van der Waals surface area contributed by atoms with Crippen molar-refractivity contribution in [3.63, 3.8) is 0 Å². The van der Waals surface area contributed by atoms with Crippen LogP contribution >= 0.6 is 0 Å². The van der Waals surface area contributed by atoms with Crippen LogP contribution < -0.4 is 11.3 Å². The zero-order valence-electron chi connectivity index (χ0n) is 5.44. The van der Waals surface area contributed by atoms with Gasteiger partial charge < -0.3 is 10.4 Å². The Balaban J connectivity index is 2.79. The third-order valence-corrected chi connectivity index (χ3v) is 1.28. The lowest BCUT2D eigenvalue weighted by Gasteiger charge is -1.94. The quantitative estimate of drug-likeness (QED) is 0.358. The van der Waals surface area contributed by atoms with Gasteiger partial charge in [0.05, 0.1) is 6.33 Å². The number of fused-ring (bicyclic) bond motifs is 1. The molecule has 2 aromatic rings. The Morgan fingerprint density at radius 3 is 3.18 bits per heavy atom. The van der Waals surface area contributed by atoms with E-state index < -0.39 is 0 Å². The van der Waals surface area contributed by atoms with Crippen LogP contribution in [0.3, 0.4) is 0 Å². The summed E-state index contributed by atoms with van der Waals surface area (Å²) < 4.78 is 0. The second-order valence-electron chi connectivity index (χ2n) is 1.88. The number of aromatic nitrogens is 5. The van der Waals surface area contributed by atoms with Gasteiger partial charge >= 0.3 is 0 Å². The van der Waals surface area contributed by atoms with Crippen molar-refractivity contribution in [1.82, 2.24) is 25.4 Å². The molecule has 0 spiro atoms. The lowest BCUT2D eigenvalue weighted by atomic mass is 10.5. The van der Waals surface area contributed by atoms with Crippen molar-refractivity contribution in [2.45, 2.75) is 0 Å². The van der Waals surface area contributed by atoms with Gasteiger partial charge in [0.2, 0.25) is 5.65 Å². The molecule has 0 bridgehead atoms. The summed E-state index contributed by atoms with van der Waals surface area (Å²) in [5.41, 5.74) is 3.52. The fourth-order valence-corrected chi connectivity index (χ4v) is 0.798. The maximum Gasteiger partial charge on any atom is 0.205 e. The molecule has 11 heavy (non-hydrogen) atoms. The van der Waals surface area contributed by atoms with Crippen LogP contribution in [0.15, 0.2) is 6.33 Å². The summed E-state index contributed by atoms with van der Waals surface area (Å²) in [6, 6.07) is 0. The van der Waals surface area contributed by atoms with E-state index >= 15 is 0 Å². The van der Waals surface area contributed by atoms with E-state index in [4.69, 9.17) is 5.84 Å². The van der Waals surface area contributed by atoms with Gasteiger partial charge in [-0.2, -0.15) is 0 Å². The summed E-state index contributed by atoms with van der Waals surface area (Å²) in [6.45, 7) is 0. The standard InChI is InChI=1S/C4H5N7/c5-8-4-2-3(7-1-6-2)9-11-10-4/h1H,5H2,(H2,6,7,8,9,10). The predicted molar refractivity (Wildman–Crippen MR) is 37.3 cm³/mol. The van der Waals surface area contributed by atoms with E-state index in [0.29, 0.717) is 17.0 Å². The van der Waals surface area contributed by atoms with Gasteiger partial charge in [-0.05, 0) is 5.21 Å². The Morgan fingerprint density at radius 2 is 2.36 bits per heavy atom. The second kappa shape index (κ2) is 2.13. The molecule has 0 saturated heterocycles. The number of nitrogens with zero attached hydrogens (tertiary/aromatic N) is 4. The Kier molecular flexibility index (Phi) is 1.16. The van der Waals surface area contributed by atoms with Crippen molar-refractivity contribution >= 4 is 17.0 Å². The largest absolute Gasteiger partial charge is 0.340 e. The molecule has 4 N–H and O–H groups in total. The minimum absolute atomic E-state index is 0.438. The number of aromatic amines is 1. The van der Waals surface area contributed by atoms with Crippen molar-refractivity contribution in [3.05, 3.63) is 6.33 Å². The summed E-state index contributed by atoms with van der Waals surface area (Å²) in [7, 11) is 0. The molecular weight excluding hydrogens is 146 g/mol. The monoisotopic (exact) mass is 151 g/mol. The van der Waals surface area contributed by atoms with Crippen LogP contribution in [-0.2, 0) is 0 Å². The van der Waals surface area contributed by atoms with Crippen molar-refractivity contribution in [2.24, 2.45) is 5.84 Å². The molecule has 0 aliphatic carbocycles. The van der Waals surface area contributed by atoms with Crippen LogP contribution in [0.1, 0.15) is 0 Å². The van der Waals surface area contributed by atoms with Gasteiger partial charge in [-0.25, -0.2) is 10.8 Å². The molecule has 2 rings (SSSR count). The van der Waals surface area contributed by atoms with Crippen molar-refractivity contribution in [2.75, 3.05) is 5.43 Å². The number of rotatable bonds is 1. The van der Waals surface area contributed by atoms with Gasteiger partial charge in [0.15, 0.2) is 5.82 Å². The highest BCUT2D eigenvalue weighted by Gasteiger charge is 2.03. The van der Waals surface area contributed by atoms with E-state index in [1.807, 2.05) is 0 Å². The summed E-state index contributed by atoms with van der Waals surface area (Å²) in [4.78, 5) is 6.68. The Labute approximate surface area is 61.0 Å². The number of nitrogens with two attached hydrogens (primary N) is 1. The maximum atomic E-state index is 5.15. The van der Waals surface area contributed by atoms with Crippen LogP contribution in [0.25, 0.3) is 11.2 Å². The van der Waals surface area contributed by atoms with Crippen LogP contribution in [0.5, 0.6) is 0 Å². The van der Waals surface area contributed by atoms with E-state index in [0.717, 1.165) is 0 Å². The molecule has 56 valence electrons. The van der Waals surface area contributed by atoms with Crippen molar-refractivity contribution in [1.29, 1.82) is 0 Å². The number of imidazole rings is 1. The minimum atomic E-state index is 0.438. The smallest absolute Gasteiger partial charge is 0.205 e. The topological polar surface area (TPSA) is 105 Å². The number of nitrogens with one attached hydrogen (secondary N) is 2.